The number of rotatable bonds is 4. The Kier molecular flexibility index (Phi) is 4.83. The Balaban J connectivity index is 1.80. The van der Waals surface area contributed by atoms with Gasteiger partial charge in [0, 0.05) is 24.3 Å². The van der Waals surface area contributed by atoms with E-state index < -0.39 is 4.87 Å². The van der Waals surface area contributed by atoms with Gasteiger partial charge in [-0.3, -0.25) is 9.59 Å². The number of methoxy groups -OCH3 is 1. The number of hydrogen-bond donors (Lipinski definition) is 0. The minimum Gasteiger partial charge on any atom is -0.497 e. The number of thioether (sulfide) groups is 1. The normalized spacial score (nSPS) is 20.8. The first-order valence-corrected chi connectivity index (χ1v) is 10.5. The molecule has 0 N–H and O–H groups in total. The number of aryl methyl sites for hydroxylation is 1. The lowest BCUT2D eigenvalue weighted by atomic mass is 10.0. The van der Waals surface area contributed by atoms with E-state index in [9.17, 15) is 9.59 Å². The molecule has 1 saturated heterocycles. The van der Waals surface area contributed by atoms with Crippen LogP contribution >= 0.6 is 11.8 Å². The van der Waals surface area contributed by atoms with Gasteiger partial charge in [0.1, 0.15) is 5.75 Å². The standard InChI is InChI=1S/C22H24N2O3S/c1-4-20(25)24-10-11-28-22(24)18-12-15(2)8-9-19(18)23(21(22)26)14-16-6-5-7-17(13-16)27-3/h5-9,12-13H,4,10-11,14H2,1-3H3/t22-/m0/s1. The van der Waals surface area contributed by atoms with Crippen LogP contribution in [0.2, 0.25) is 0 Å². The average molecular weight is 397 g/mol. The summed E-state index contributed by atoms with van der Waals surface area (Å²) in [6, 6.07) is 13.8. The molecule has 0 radical (unpaired) electrons. The Morgan fingerprint density at radius 1 is 1.25 bits per heavy atom. The van der Waals surface area contributed by atoms with Crippen molar-refractivity contribution in [2.45, 2.75) is 31.7 Å². The van der Waals surface area contributed by atoms with Crippen LogP contribution in [-0.4, -0.2) is 36.1 Å². The molecule has 1 spiro atoms. The number of ether oxygens (including phenoxy) is 1. The average Bonchev–Trinajstić information content (AvgIpc) is 3.25. The Labute approximate surface area is 169 Å². The zero-order valence-corrected chi connectivity index (χ0v) is 17.2. The van der Waals surface area contributed by atoms with E-state index in [-0.39, 0.29) is 11.8 Å². The highest BCUT2D eigenvalue weighted by Gasteiger charge is 2.59. The van der Waals surface area contributed by atoms with Crippen LogP contribution in [0.5, 0.6) is 5.75 Å². The molecule has 28 heavy (non-hydrogen) atoms. The predicted molar refractivity (Wildman–Crippen MR) is 112 cm³/mol. The van der Waals surface area contributed by atoms with Gasteiger partial charge in [-0.05, 0) is 30.7 Å². The highest BCUT2D eigenvalue weighted by Crippen LogP contribution is 2.54. The van der Waals surface area contributed by atoms with Crippen molar-refractivity contribution in [1.29, 1.82) is 0 Å². The number of benzene rings is 2. The molecule has 5 nitrogen and oxygen atoms in total. The zero-order chi connectivity index (χ0) is 19.9. The third-order valence-corrected chi connectivity index (χ3v) is 6.85. The van der Waals surface area contributed by atoms with Crippen molar-refractivity contribution < 1.29 is 14.3 Å². The number of amides is 2. The van der Waals surface area contributed by atoms with E-state index in [1.807, 2.05) is 55.1 Å². The van der Waals surface area contributed by atoms with Crippen LogP contribution in [0.1, 0.15) is 30.0 Å². The third kappa shape index (κ3) is 2.78. The Hall–Kier alpha value is -2.47. The Bertz CT molecular complexity index is 945. The molecule has 4 rings (SSSR count). The van der Waals surface area contributed by atoms with Crippen LogP contribution in [0.25, 0.3) is 0 Å². The lowest BCUT2D eigenvalue weighted by Gasteiger charge is -2.33. The Morgan fingerprint density at radius 2 is 2.07 bits per heavy atom. The van der Waals surface area contributed by atoms with Crippen LogP contribution in [0.3, 0.4) is 0 Å². The molecule has 0 aromatic heterocycles. The first-order valence-electron chi connectivity index (χ1n) is 9.51. The van der Waals surface area contributed by atoms with E-state index in [1.54, 1.807) is 23.8 Å². The zero-order valence-electron chi connectivity index (χ0n) is 16.4. The van der Waals surface area contributed by atoms with E-state index in [1.165, 1.54) is 0 Å². The van der Waals surface area contributed by atoms with Gasteiger partial charge in [0.15, 0.2) is 4.87 Å². The summed E-state index contributed by atoms with van der Waals surface area (Å²) in [5.41, 5.74) is 3.91. The summed E-state index contributed by atoms with van der Waals surface area (Å²) < 4.78 is 5.33. The first kappa shape index (κ1) is 18.9. The topological polar surface area (TPSA) is 49.9 Å². The summed E-state index contributed by atoms with van der Waals surface area (Å²) in [6.45, 7) is 4.92. The number of carbonyl (C=O) groups is 2. The van der Waals surface area contributed by atoms with Gasteiger partial charge in [0.05, 0.1) is 19.3 Å². The van der Waals surface area contributed by atoms with Crippen molar-refractivity contribution in [3.05, 3.63) is 59.2 Å². The predicted octanol–water partition coefficient (Wildman–Crippen LogP) is 3.69. The molecule has 2 amide bonds. The molecule has 2 heterocycles. The van der Waals surface area contributed by atoms with E-state index in [0.717, 1.165) is 33.9 Å². The second-order valence-electron chi connectivity index (χ2n) is 7.15. The molecule has 2 aliphatic rings. The molecule has 1 atom stereocenters. The smallest absolute Gasteiger partial charge is 0.268 e. The minimum absolute atomic E-state index is 0.0223. The quantitative estimate of drug-likeness (QED) is 0.791. The molecule has 0 aliphatic carbocycles. The van der Waals surface area contributed by atoms with Crippen LogP contribution in [0, 0.1) is 6.92 Å². The lowest BCUT2D eigenvalue weighted by molar-refractivity contribution is -0.139. The summed E-state index contributed by atoms with van der Waals surface area (Å²) in [5, 5.41) is 0. The molecule has 0 saturated carbocycles. The van der Waals surface area contributed by atoms with Gasteiger partial charge in [0.2, 0.25) is 5.91 Å². The van der Waals surface area contributed by atoms with Crippen molar-refractivity contribution in [3.63, 3.8) is 0 Å². The van der Waals surface area contributed by atoms with Crippen molar-refractivity contribution in [2.75, 3.05) is 24.3 Å². The fourth-order valence-electron chi connectivity index (χ4n) is 4.09. The highest BCUT2D eigenvalue weighted by molar-refractivity contribution is 8.01. The number of carbonyl (C=O) groups excluding carboxylic acids is 2. The number of nitrogens with zero attached hydrogens (tertiary/aromatic N) is 2. The van der Waals surface area contributed by atoms with Gasteiger partial charge < -0.3 is 14.5 Å². The third-order valence-electron chi connectivity index (χ3n) is 5.43. The van der Waals surface area contributed by atoms with Gasteiger partial charge in [0.25, 0.3) is 5.91 Å². The largest absolute Gasteiger partial charge is 0.497 e. The maximum absolute atomic E-state index is 13.8. The minimum atomic E-state index is -0.937. The maximum Gasteiger partial charge on any atom is 0.268 e. The molecule has 0 unspecified atom stereocenters. The number of hydrogen-bond acceptors (Lipinski definition) is 4. The first-order chi connectivity index (χ1) is 13.5. The monoisotopic (exact) mass is 396 g/mol. The lowest BCUT2D eigenvalue weighted by Crippen LogP contribution is -2.50. The maximum atomic E-state index is 13.8. The van der Waals surface area contributed by atoms with E-state index >= 15 is 0 Å². The molecule has 2 aromatic carbocycles. The van der Waals surface area contributed by atoms with Crippen molar-refractivity contribution >= 4 is 29.3 Å². The molecule has 146 valence electrons. The summed E-state index contributed by atoms with van der Waals surface area (Å²) in [7, 11) is 1.64. The molecular weight excluding hydrogens is 372 g/mol. The highest BCUT2D eigenvalue weighted by atomic mass is 32.2. The van der Waals surface area contributed by atoms with Gasteiger partial charge in [-0.25, -0.2) is 0 Å². The van der Waals surface area contributed by atoms with E-state index in [4.69, 9.17) is 4.74 Å². The van der Waals surface area contributed by atoms with E-state index in [2.05, 4.69) is 6.07 Å². The molecule has 2 aromatic rings. The van der Waals surface area contributed by atoms with Crippen molar-refractivity contribution in [2.24, 2.45) is 0 Å². The van der Waals surface area contributed by atoms with Crippen LogP contribution < -0.4 is 9.64 Å². The van der Waals surface area contributed by atoms with Crippen LogP contribution in [0.15, 0.2) is 42.5 Å². The second-order valence-corrected chi connectivity index (χ2v) is 8.44. The van der Waals surface area contributed by atoms with Crippen molar-refractivity contribution in [3.8, 4) is 5.75 Å². The molecule has 1 fully saturated rings. The second kappa shape index (κ2) is 7.17. The van der Waals surface area contributed by atoms with E-state index in [0.29, 0.717) is 19.5 Å². The fraction of sp³-hybridized carbons (Fsp3) is 0.364. The summed E-state index contributed by atoms with van der Waals surface area (Å²) in [6.07, 6.45) is 0.395. The molecule has 2 aliphatic heterocycles. The summed E-state index contributed by atoms with van der Waals surface area (Å²) in [4.78, 5) is 29.1. The van der Waals surface area contributed by atoms with Gasteiger partial charge in [-0.15, -0.1) is 11.8 Å². The molecule has 0 bridgehead atoms. The summed E-state index contributed by atoms with van der Waals surface area (Å²) >= 11 is 1.57. The number of fused-ring (bicyclic) bond motifs is 2. The van der Waals surface area contributed by atoms with Gasteiger partial charge >= 0.3 is 0 Å². The SMILES string of the molecule is CCC(=O)N1CCS[C@@]12C(=O)N(Cc1cccc(OC)c1)c1ccc(C)cc12. The van der Waals surface area contributed by atoms with Crippen molar-refractivity contribution in [1.82, 2.24) is 4.90 Å². The fourth-order valence-corrected chi connectivity index (χ4v) is 5.56. The van der Waals surface area contributed by atoms with Gasteiger partial charge in [-0.2, -0.15) is 0 Å². The van der Waals surface area contributed by atoms with Crippen LogP contribution in [-0.2, 0) is 21.0 Å². The summed E-state index contributed by atoms with van der Waals surface area (Å²) in [5.74, 6) is 1.52. The van der Waals surface area contributed by atoms with Gasteiger partial charge in [-0.1, -0.05) is 36.8 Å². The molecule has 6 heteroatoms. The van der Waals surface area contributed by atoms with Crippen LogP contribution in [0.4, 0.5) is 5.69 Å². The number of anilines is 1. The molecular formula is C22H24N2O3S. The Morgan fingerprint density at radius 3 is 2.82 bits per heavy atom.